The van der Waals surface area contributed by atoms with Gasteiger partial charge in [-0.05, 0) is 43.3 Å². The van der Waals surface area contributed by atoms with Crippen LogP contribution < -0.4 is 19.5 Å². The zero-order chi connectivity index (χ0) is 20.1. The number of esters is 1. The molecule has 0 aromatic heterocycles. The number of rotatable bonds is 7. The summed E-state index contributed by atoms with van der Waals surface area (Å²) in [6, 6.07) is 9.24. The Morgan fingerprint density at radius 1 is 1.11 bits per heavy atom. The van der Waals surface area contributed by atoms with Crippen LogP contribution in [0, 0.1) is 0 Å². The molecule has 8 heteroatoms. The Bertz CT molecular complexity index is 923. The third kappa shape index (κ3) is 4.22. The van der Waals surface area contributed by atoms with Gasteiger partial charge in [-0.15, -0.1) is 0 Å². The predicted molar refractivity (Wildman–Crippen MR) is 99.3 cm³/mol. The van der Waals surface area contributed by atoms with E-state index in [1.807, 2.05) is 6.92 Å². The lowest BCUT2D eigenvalue weighted by Gasteiger charge is -2.18. The highest BCUT2D eigenvalue weighted by molar-refractivity contribution is 6.02. The maximum atomic E-state index is 12.3. The van der Waals surface area contributed by atoms with Crippen LogP contribution in [0.2, 0.25) is 0 Å². The lowest BCUT2D eigenvalue weighted by molar-refractivity contribution is -0.118. The average molecular weight is 385 g/mol. The first kappa shape index (κ1) is 19.2. The van der Waals surface area contributed by atoms with E-state index in [0.717, 1.165) is 0 Å². The van der Waals surface area contributed by atoms with Crippen molar-refractivity contribution in [2.45, 2.75) is 6.92 Å². The summed E-state index contributed by atoms with van der Waals surface area (Å²) in [7, 11) is 1.50. The van der Waals surface area contributed by atoms with E-state index in [0.29, 0.717) is 35.1 Å². The van der Waals surface area contributed by atoms with Crippen molar-refractivity contribution in [2.24, 2.45) is 0 Å². The Hall–Kier alpha value is -3.55. The van der Waals surface area contributed by atoms with Gasteiger partial charge in [0.05, 0.1) is 25.0 Å². The van der Waals surface area contributed by atoms with Crippen molar-refractivity contribution in [1.29, 1.82) is 0 Å². The van der Waals surface area contributed by atoms with Crippen LogP contribution in [-0.2, 0) is 9.53 Å². The van der Waals surface area contributed by atoms with Crippen LogP contribution in [0.4, 0.5) is 5.69 Å². The van der Waals surface area contributed by atoms with Crippen LogP contribution in [0.15, 0.2) is 36.4 Å². The molecule has 0 bridgehead atoms. The summed E-state index contributed by atoms with van der Waals surface area (Å²) < 4.78 is 21.0. The SMILES string of the molecule is CCOc1cc(C(=O)OCC(=O)c2ccc3c(c2)NC(=O)CO3)ccc1OC. The van der Waals surface area contributed by atoms with Crippen molar-refractivity contribution in [3.05, 3.63) is 47.5 Å². The number of methoxy groups -OCH3 is 1. The molecule has 0 saturated carbocycles. The number of Topliss-reactive ketones (excluding diaryl/α,β-unsaturated/α-hetero) is 1. The van der Waals surface area contributed by atoms with Gasteiger partial charge in [-0.1, -0.05) is 0 Å². The van der Waals surface area contributed by atoms with E-state index in [2.05, 4.69) is 5.32 Å². The molecule has 0 atom stereocenters. The molecule has 2 aromatic rings. The third-order valence-corrected chi connectivity index (χ3v) is 3.97. The van der Waals surface area contributed by atoms with Crippen molar-refractivity contribution in [3.63, 3.8) is 0 Å². The maximum Gasteiger partial charge on any atom is 0.338 e. The maximum absolute atomic E-state index is 12.3. The van der Waals surface area contributed by atoms with E-state index >= 15 is 0 Å². The van der Waals surface area contributed by atoms with Crippen LogP contribution in [0.1, 0.15) is 27.6 Å². The lowest BCUT2D eigenvalue weighted by Crippen LogP contribution is -2.25. The molecule has 2 aromatic carbocycles. The number of ether oxygens (including phenoxy) is 4. The van der Waals surface area contributed by atoms with E-state index in [1.165, 1.54) is 25.3 Å². The molecule has 0 aliphatic carbocycles. The molecule has 0 spiro atoms. The molecule has 0 radical (unpaired) electrons. The number of benzene rings is 2. The number of nitrogens with one attached hydrogen (secondary N) is 1. The fourth-order valence-corrected chi connectivity index (χ4v) is 2.63. The predicted octanol–water partition coefficient (Wildman–Crippen LogP) is 2.46. The smallest absolute Gasteiger partial charge is 0.338 e. The standard InChI is InChI=1S/C20H19NO7/c1-3-26-18-9-13(5-7-17(18)25-2)20(24)28-10-15(22)12-4-6-16-14(8-12)21-19(23)11-27-16/h4-9H,3,10-11H2,1-2H3,(H,21,23). The number of carbonyl (C=O) groups is 3. The molecular weight excluding hydrogens is 366 g/mol. The van der Waals surface area contributed by atoms with Gasteiger partial charge in [0.25, 0.3) is 5.91 Å². The number of hydrogen-bond donors (Lipinski definition) is 1. The number of amides is 1. The Kier molecular flexibility index (Phi) is 5.78. The van der Waals surface area contributed by atoms with Crippen molar-refractivity contribution >= 4 is 23.3 Å². The largest absolute Gasteiger partial charge is 0.493 e. The van der Waals surface area contributed by atoms with Crippen molar-refractivity contribution in [1.82, 2.24) is 0 Å². The number of hydrogen-bond acceptors (Lipinski definition) is 7. The van der Waals surface area contributed by atoms with Crippen LogP contribution >= 0.6 is 0 Å². The van der Waals surface area contributed by atoms with Gasteiger partial charge in [-0.2, -0.15) is 0 Å². The zero-order valence-corrected chi connectivity index (χ0v) is 15.4. The molecule has 8 nitrogen and oxygen atoms in total. The molecule has 28 heavy (non-hydrogen) atoms. The fourth-order valence-electron chi connectivity index (χ4n) is 2.63. The normalized spacial score (nSPS) is 12.3. The Labute approximate surface area is 161 Å². The van der Waals surface area contributed by atoms with E-state index in [1.54, 1.807) is 18.2 Å². The minimum atomic E-state index is -0.661. The van der Waals surface area contributed by atoms with Crippen molar-refractivity contribution in [2.75, 3.05) is 32.2 Å². The van der Waals surface area contributed by atoms with Crippen molar-refractivity contribution < 1.29 is 33.3 Å². The fraction of sp³-hybridized carbons (Fsp3) is 0.250. The van der Waals surface area contributed by atoms with Gasteiger partial charge in [-0.3, -0.25) is 9.59 Å². The highest BCUT2D eigenvalue weighted by Gasteiger charge is 2.19. The second kappa shape index (κ2) is 8.43. The van der Waals surface area contributed by atoms with Crippen LogP contribution in [0.5, 0.6) is 17.2 Å². The molecule has 0 fully saturated rings. The lowest BCUT2D eigenvalue weighted by atomic mass is 10.1. The van der Waals surface area contributed by atoms with E-state index in [4.69, 9.17) is 18.9 Å². The van der Waals surface area contributed by atoms with Gasteiger partial charge < -0.3 is 24.3 Å². The topological polar surface area (TPSA) is 100 Å². The van der Waals surface area contributed by atoms with E-state index in [-0.39, 0.29) is 18.1 Å². The third-order valence-electron chi connectivity index (χ3n) is 3.97. The second-order valence-corrected chi connectivity index (χ2v) is 5.85. The summed E-state index contributed by atoms with van der Waals surface area (Å²) in [5.74, 6) is 0.0213. The highest BCUT2D eigenvalue weighted by atomic mass is 16.5. The molecule has 0 saturated heterocycles. The summed E-state index contributed by atoms with van der Waals surface area (Å²) in [4.78, 5) is 36.0. The quantitative estimate of drug-likeness (QED) is 0.577. The minimum absolute atomic E-state index is 0.0660. The molecule has 146 valence electrons. The van der Waals surface area contributed by atoms with Gasteiger partial charge in [0.15, 0.2) is 30.5 Å². The molecule has 3 rings (SSSR count). The van der Waals surface area contributed by atoms with Gasteiger partial charge in [0, 0.05) is 5.56 Å². The number of anilines is 1. The van der Waals surface area contributed by atoms with Crippen LogP contribution in [-0.4, -0.2) is 44.6 Å². The molecule has 0 unspecified atom stereocenters. The van der Waals surface area contributed by atoms with Crippen LogP contribution in [0.3, 0.4) is 0 Å². The Balaban J connectivity index is 1.66. The first-order valence-electron chi connectivity index (χ1n) is 8.59. The zero-order valence-electron chi connectivity index (χ0n) is 15.4. The van der Waals surface area contributed by atoms with E-state index in [9.17, 15) is 14.4 Å². The minimum Gasteiger partial charge on any atom is -0.493 e. The molecule has 1 aliphatic heterocycles. The van der Waals surface area contributed by atoms with Gasteiger partial charge >= 0.3 is 5.97 Å². The summed E-state index contributed by atoms with van der Waals surface area (Å²) in [6.45, 7) is 1.72. The first-order chi connectivity index (χ1) is 13.5. The summed E-state index contributed by atoms with van der Waals surface area (Å²) >= 11 is 0. The monoisotopic (exact) mass is 385 g/mol. The van der Waals surface area contributed by atoms with Gasteiger partial charge in [0.2, 0.25) is 0 Å². The van der Waals surface area contributed by atoms with Gasteiger partial charge in [0.1, 0.15) is 5.75 Å². The van der Waals surface area contributed by atoms with E-state index < -0.39 is 18.4 Å². The summed E-state index contributed by atoms with van der Waals surface area (Å²) in [6.07, 6.45) is 0. The number of ketones is 1. The summed E-state index contributed by atoms with van der Waals surface area (Å²) in [5, 5.41) is 2.63. The summed E-state index contributed by atoms with van der Waals surface area (Å²) in [5.41, 5.74) is 0.940. The highest BCUT2D eigenvalue weighted by Crippen LogP contribution is 2.29. The molecule has 1 aliphatic rings. The molecular formula is C20H19NO7. The van der Waals surface area contributed by atoms with Crippen molar-refractivity contribution in [3.8, 4) is 17.2 Å². The van der Waals surface area contributed by atoms with Crippen LogP contribution in [0.25, 0.3) is 0 Å². The molecule has 1 amide bonds. The Morgan fingerprint density at radius 2 is 1.89 bits per heavy atom. The van der Waals surface area contributed by atoms with Gasteiger partial charge in [-0.25, -0.2) is 4.79 Å². The number of carbonyl (C=O) groups excluding carboxylic acids is 3. The Morgan fingerprint density at radius 3 is 2.64 bits per heavy atom. The average Bonchev–Trinajstić information content (AvgIpc) is 2.71. The first-order valence-corrected chi connectivity index (χ1v) is 8.59. The number of fused-ring (bicyclic) bond motifs is 1. The molecule has 1 N–H and O–H groups in total. The second-order valence-electron chi connectivity index (χ2n) is 5.85. The molecule has 1 heterocycles.